The molecule has 0 aromatic rings. The molecule has 0 radical (unpaired) electrons. The molecule has 1 atom stereocenters. The Morgan fingerprint density at radius 3 is 2.05 bits per heavy atom. The Morgan fingerprint density at radius 1 is 0.900 bits per heavy atom. The Morgan fingerprint density at radius 2 is 1.50 bits per heavy atom. The smallest absolute Gasteiger partial charge is 0.264 e. The first-order valence-corrected chi connectivity index (χ1v) is 9.67. The summed E-state index contributed by atoms with van der Waals surface area (Å²) >= 11 is 0. The standard InChI is InChI=1S/C15H32O4S/c1-3-5-6-7-8-9-10-11-15(19-13-4-2)12-14-20(16,17)18/h15H,3-14H2,1-2H3,(H,16,17,18). The van der Waals surface area contributed by atoms with Gasteiger partial charge >= 0.3 is 0 Å². The molecule has 0 aromatic carbocycles. The van der Waals surface area contributed by atoms with Crippen LogP contribution in [0.4, 0.5) is 0 Å². The van der Waals surface area contributed by atoms with E-state index >= 15 is 0 Å². The lowest BCUT2D eigenvalue weighted by Crippen LogP contribution is -2.18. The maximum absolute atomic E-state index is 10.8. The normalized spacial score (nSPS) is 13.6. The lowest BCUT2D eigenvalue weighted by molar-refractivity contribution is 0.0438. The van der Waals surface area contributed by atoms with E-state index < -0.39 is 10.1 Å². The van der Waals surface area contributed by atoms with Crippen molar-refractivity contribution >= 4 is 10.1 Å². The number of hydrogen-bond donors (Lipinski definition) is 1. The molecule has 0 aliphatic heterocycles. The van der Waals surface area contributed by atoms with Gasteiger partial charge in [-0.05, 0) is 19.3 Å². The molecule has 0 heterocycles. The summed E-state index contributed by atoms with van der Waals surface area (Å²) in [5.41, 5.74) is 0. The van der Waals surface area contributed by atoms with E-state index in [1.807, 2.05) is 6.92 Å². The molecule has 0 fully saturated rings. The van der Waals surface area contributed by atoms with Crippen LogP contribution in [0.3, 0.4) is 0 Å². The highest BCUT2D eigenvalue weighted by atomic mass is 32.2. The van der Waals surface area contributed by atoms with Crippen molar-refractivity contribution in [2.75, 3.05) is 12.4 Å². The Balaban J connectivity index is 3.75. The third-order valence-electron chi connectivity index (χ3n) is 3.39. The topological polar surface area (TPSA) is 63.6 Å². The second kappa shape index (κ2) is 12.6. The molecule has 4 nitrogen and oxygen atoms in total. The van der Waals surface area contributed by atoms with Crippen molar-refractivity contribution < 1.29 is 17.7 Å². The van der Waals surface area contributed by atoms with Crippen molar-refractivity contribution in [2.45, 2.75) is 84.2 Å². The molecule has 0 aromatic heterocycles. The van der Waals surface area contributed by atoms with Crippen LogP contribution >= 0.6 is 0 Å². The van der Waals surface area contributed by atoms with Gasteiger partial charge in [0, 0.05) is 6.61 Å². The molecule has 122 valence electrons. The summed E-state index contributed by atoms with van der Waals surface area (Å²) in [5, 5.41) is 0. The van der Waals surface area contributed by atoms with E-state index in [0.29, 0.717) is 13.0 Å². The Labute approximate surface area is 125 Å². The summed E-state index contributed by atoms with van der Waals surface area (Å²) in [6.45, 7) is 4.91. The van der Waals surface area contributed by atoms with E-state index in [0.717, 1.165) is 19.3 Å². The molecule has 0 aliphatic carbocycles. The summed E-state index contributed by atoms with van der Waals surface area (Å²) in [6, 6.07) is 0. The van der Waals surface area contributed by atoms with Crippen molar-refractivity contribution in [2.24, 2.45) is 0 Å². The summed E-state index contributed by atoms with van der Waals surface area (Å²) in [5.74, 6) is -0.197. The van der Waals surface area contributed by atoms with E-state index in [2.05, 4.69) is 6.92 Å². The van der Waals surface area contributed by atoms with Gasteiger partial charge in [0.15, 0.2) is 0 Å². The number of hydrogen-bond acceptors (Lipinski definition) is 3. The van der Waals surface area contributed by atoms with Crippen LogP contribution in [-0.2, 0) is 14.9 Å². The number of ether oxygens (including phenoxy) is 1. The Kier molecular flexibility index (Phi) is 12.5. The second-order valence-electron chi connectivity index (χ2n) is 5.48. The highest BCUT2D eigenvalue weighted by Crippen LogP contribution is 2.14. The van der Waals surface area contributed by atoms with Gasteiger partial charge in [-0.2, -0.15) is 8.42 Å². The first-order valence-electron chi connectivity index (χ1n) is 8.06. The van der Waals surface area contributed by atoms with Gasteiger partial charge in [0.2, 0.25) is 0 Å². The van der Waals surface area contributed by atoms with E-state index in [4.69, 9.17) is 9.29 Å². The third-order valence-corrected chi connectivity index (χ3v) is 4.14. The molecule has 0 saturated heterocycles. The van der Waals surface area contributed by atoms with Gasteiger partial charge in [0.05, 0.1) is 11.9 Å². The van der Waals surface area contributed by atoms with Crippen LogP contribution in [0.1, 0.15) is 78.1 Å². The van der Waals surface area contributed by atoms with E-state index in [1.165, 1.54) is 38.5 Å². The van der Waals surface area contributed by atoms with Gasteiger partial charge < -0.3 is 4.74 Å². The molecule has 0 amide bonds. The highest BCUT2D eigenvalue weighted by Gasteiger charge is 2.13. The van der Waals surface area contributed by atoms with Crippen LogP contribution < -0.4 is 0 Å². The molecule has 0 bridgehead atoms. The molecular weight excluding hydrogens is 276 g/mol. The van der Waals surface area contributed by atoms with Gasteiger partial charge in [-0.15, -0.1) is 0 Å². The average molecular weight is 308 g/mol. The van der Waals surface area contributed by atoms with Crippen molar-refractivity contribution in [1.29, 1.82) is 0 Å². The summed E-state index contributed by atoms with van der Waals surface area (Å²) < 4.78 is 36.0. The van der Waals surface area contributed by atoms with Crippen LogP contribution in [0.5, 0.6) is 0 Å². The lowest BCUT2D eigenvalue weighted by Gasteiger charge is -2.17. The fraction of sp³-hybridized carbons (Fsp3) is 1.00. The Hall–Kier alpha value is -0.130. The molecule has 0 rings (SSSR count). The molecule has 0 saturated carbocycles. The zero-order chi connectivity index (χ0) is 15.3. The van der Waals surface area contributed by atoms with Gasteiger partial charge in [0.25, 0.3) is 10.1 Å². The fourth-order valence-electron chi connectivity index (χ4n) is 2.21. The first-order chi connectivity index (χ1) is 9.49. The molecule has 20 heavy (non-hydrogen) atoms. The van der Waals surface area contributed by atoms with Gasteiger partial charge in [-0.25, -0.2) is 0 Å². The van der Waals surface area contributed by atoms with E-state index in [-0.39, 0.29) is 11.9 Å². The second-order valence-corrected chi connectivity index (χ2v) is 7.05. The largest absolute Gasteiger partial charge is 0.378 e. The molecule has 0 spiro atoms. The van der Waals surface area contributed by atoms with E-state index in [1.54, 1.807) is 0 Å². The fourth-order valence-corrected chi connectivity index (χ4v) is 2.77. The SMILES string of the molecule is CCCCCCCCCC(CCS(=O)(=O)O)OCCC. The first kappa shape index (κ1) is 19.9. The van der Waals surface area contributed by atoms with Crippen LogP contribution in [0, 0.1) is 0 Å². The van der Waals surface area contributed by atoms with Crippen molar-refractivity contribution in [1.82, 2.24) is 0 Å². The maximum Gasteiger partial charge on any atom is 0.264 e. The van der Waals surface area contributed by atoms with E-state index in [9.17, 15) is 8.42 Å². The Bertz CT molecular complexity index is 301. The van der Waals surface area contributed by atoms with Crippen molar-refractivity contribution in [3.63, 3.8) is 0 Å². The molecule has 1 N–H and O–H groups in total. The monoisotopic (exact) mass is 308 g/mol. The molecular formula is C15H32O4S. The zero-order valence-electron chi connectivity index (χ0n) is 13.1. The molecule has 5 heteroatoms. The number of unbranched alkanes of at least 4 members (excludes halogenated alkanes) is 6. The third kappa shape index (κ3) is 14.3. The van der Waals surface area contributed by atoms with Gasteiger partial charge in [-0.1, -0.05) is 58.8 Å². The predicted octanol–water partition coefficient (Wildman–Crippen LogP) is 4.20. The summed E-state index contributed by atoms with van der Waals surface area (Å²) in [4.78, 5) is 0. The van der Waals surface area contributed by atoms with Crippen LogP contribution in [0.25, 0.3) is 0 Å². The minimum atomic E-state index is -3.87. The summed E-state index contributed by atoms with van der Waals surface area (Å²) in [7, 11) is -3.87. The van der Waals surface area contributed by atoms with Crippen LogP contribution in [0.15, 0.2) is 0 Å². The van der Waals surface area contributed by atoms with Crippen LogP contribution in [0.2, 0.25) is 0 Å². The minimum absolute atomic E-state index is 0.0347. The zero-order valence-corrected chi connectivity index (χ0v) is 14.0. The van der Waals surface area contributed by atoms with Crippen molar-refractivity contribution in [3.8, 4) is 0 Å². The molecule has 0 aliphatic rings. The van der Waals surface area contributed by atoms with Gasteiger partial charge in [-0.3, -0.25) is 4.55 Å². The maximum atomic E-state index is 10.8. The average Bonchev–Trinajstić information content (AvgIpc) is 2.39. The number of rotatable bonds is 14. The van der Waals surface area contributed by atoms with Crippen LogP contribution in [-0.4, -0.2) is 31.4 Å². The summed E-state index contributed by atoms with van der Waals surface area (Å²) in [6.07, 6.45) is 10.9. The lowest BCUT2D eigenvalue weighted by atomic mass is 10.1. The molecule has 1 unspecified atom stereocenters. The van der Waals surface area contributed by atoms with Gasteiger partial charge in [0.1, 0.15) is 0 Å². The van der Waals surface area contributed by atoms with Crippen molar-refractivity contribution in [3.05, 3.63) is 0 Å². The predicted molar refractivity (Wildman–Crippen MR) is 83.7 cm³/mol. The quantitative estimate of drug-likeness (QED) is 0.386. The minimum Gasteiger partial charge on any atom is -0.378 e. The highest BCUT2D eigenvalue weighted by molar-refractivity contribution is 7.85.